The molecule has 0 amide bonds. The van der Waals surface area contributed by atoms with Gasteiger partial charge in [-0.3, -0.25) is 4.79 Å². The van der Waals surface area contributed by atoms with Gasteiger partial charge < -0.3 is 22.0 Å². The first-order chi connectivity index (χ1) is 5.95. The standard InChI is InChI=1S/C8H17N3O2/c1-5(9)6(10)3-2-4-7(11)8(12)13/h6-7,9H,2-4,10-11H2,1H3,(H,12,13)/t6?,7-/m0/s1. The van der Waals surface area contributed by atoms with Crippen molar-refractivity contribution in [3.05, 3.63) is 0 Å². The van der Waals surface area contributed by atoms with Gasteiger partial charge in [-0.05, 0) is 26.2 Å². The zero-order valence-electron chi connectivity index (χ0n) is 7.79. The van der Waals surface area contributed by atoms with Crippen LogP contribution >= 0.6 is 0 Å². The van der Waals surface area contributed by atoms with Gasteiger partial charge in [-0.1, -0.05) is 0 Å². The van der Waals surface area contributed by atoms with E-state index < -0.39 is 12.0 Å². The second kappa shape index (κ2) is 5.66. The number of carboxylic acid groups (broad SMARTS) is 1. The molecule has 0 aliphatic carbocycles. The highest BCUT2D eigenvalue weighted by Gasteiger charge is 2.12. The van der Waals surface area contributed by atoms with Gasteiger partial charge in [0.1, 0.15) is 6.04 Å². The molecule has 13 heavy (non-hydrogen) atoms. The van der Waals surface area contributed by atoms with Gasteiger partial charge in [0.25, 0.3) is 0 Å². The molecular formula is C8H17N3O2. The number of carbonyl (C=O) groups is 1. The molecule has 1 unspecified atom stereocenters. The number of aliphatic carboxylic acids is 1. The minimum absolute atomic E-state index is 0.263. The van der Waals surface area contributed by atoms with Crippen LogP contribution in [-0.4, -0.2) is 28.9 Å². The summed E-state index contributed by atoms with van der Waals surface area (Å²) in [5, 5.41) is 15.7. The second-order valence-corrected chi connectivity index (χ2v) is 3.17. The third-order valence-corrected chi connectivity index (χ3v) is 1.90. The molecule has 5 nitrogen and oxygen atoms in total. The van der Waals surface area contributed by atoms with Gasteiger partial charge in [0.15, 0.2) is 0 Å². The highest BCUT2D eigenvalue weighted by atomic mass is 16.4. The van der Waals surface area contributed by atoms with Gasteiger partial charge >= 0.3 is 5.97 Å². The number of nitrogens with one attached hydrogen (secondary N) is 1. The molecule has 0 aliphatic heterocycles. The van der Waals surface area contributed by atoms with Crippen LogP contribution in [0.15, 0.2) is 0 Å². The highest BCUT2D eigenvalue weighted by molar-refractivity contribution is 5.83. The lowest BCUT2D eigenvalue weighted by molar-refractivity contribution is -0.138. The van der Waals surface area contributed by atoms with Crippen molar-refractivity contribution >= 4 is 11.7 Å². The summed E-state index contributed by atoms with van der Waals surface area (Å²) < 4.78 is 0. The molecular weight excluding hydrogens is 170 g/mol. The van der Waals surface area contributed by atoms with E-state index in [0.717, 1.165) is 0 Å². The average Bonchev–Trinajstić information content (AvgIpc) is 2.03. The molecule has 0 radical (unpaired) electrons. The van der Waals surface area contributed by atoms with E-state index in [1.165, 1.54) is 0 Å². The van der Waals surface area contributed by atoms with E-state index in [4.69, 9.17) is 22.0 Å². The Kier molecular flexibility index (Phi) is 5.25. The molecule has 0 aromatic carbocycles. The molecule has 0 heterocycles. The van der Waals surface area contributed by atoms with Gasteiger partial charge in [-0.15, -0.1) is 0 Å². The first-order valence-corrected chi connectivity index (χ1v) is 4.24. The fourth-order valence-electron chi connectivity index (χ4n) is 0.898. The van der Waals surface area contributed by atoms with Crippen molar-refractivity contribution in [1.82, 2.24) is 0 Å². The number of rotatable bonds is 6. The maximum absolute atomic E-state index is 10.3. The lowest BCUT2D eigenvalue weighted by Gasteiger charge is -2.10. The summed E-state index contributed by atoms with van der Waals surface area (Å²) in [6, 6.07) is -1.07. The van der Waals surface area contributed by atoms with Gasteiger partial charge in [0, 0.05) is 11.8 Å². The zero-order valence-corrected chi connectivity index (χ0v) is 7.79. The second-order valence-electron chi connectivity index (χ2n) is 3.17. The SMILES string of the molecule is CC(=N)C(N)CCC[C@H](N)C(=O)O. The molecule has 5 heteroatoms. The van der Waals surface area contributed by atoms with E-state index in [-0.39, 0.29) is 6.04 Å². The van der Waals surface area contributed by atoms with Gasteiger partial charge in [0.2, 0.25) is 0 Å². The minimum atomic E-state index is -0.986. The summed E-state index contributed by atoms with van der Waals surface area (Å²) >= 11 is 0. The van der Waals surface area contributed by atoms with Crippen molar-refractivity contribution in [3.63, 3.8) is 0 Å². The Bertz CT molecular complexity index is 174. The Morgan fingerprint density at radius 1 is 1.38 bits per heavy atom. The maximum Gasteiger partial charge on any atom is 0.320 e. The molecule has 0 rings (SSSR count). The smallest absolute Gasteiger partial charge is 0.320 e. The van der Waals surface area contributed by atoms with Crippen LogP contribution in [-0.2, 0) is 4.79 Å². The van der Waals surface area contributed by atoms with E-state index in [0.29, 0.717) is 25.0 Å². The Hall–Kier alpha value is -0.940. The van der Waals surface area contributed by atoms with Crippen LogP contribution in [0.2, 0.25) is 0 Å². The van der Waals surface area contributed by atoms with Crippen LogP contribution in [0.4, 0.5) is 0 Å². The van der Waals surface area contributed by atoms with Crippen molar-refractivity contribution in [1.29, 1.82) is 5.41 Å². The molecule has 6 N–H and O–H groups in total. The third-order valence-electron chi connectivity index (χ3n) is 1.90. The first-order valence-electron chi connectivity index (χ1n) is 4.24. The van der Waals surface area contributed by atoms with Crippen LogP contribution in [0, 0.1) is 5.41 Å². The van der Waals surface area contributed by atoms with Gasteiger partial charge in [-0.25, -0.2) is 0 Å². The highest BCUT2D eigenvalue weighted by Crippen LogP contribution is 2.02. The lowest BCUT2D eigenvalue weighted by Crippen LogP contribution is -2.32. The number of nitrogens with two attached hydrogens (primary N) is 2. The van der Waals surface area contributed by atoms with Crippen molar-refractivity contribution in [3.8, 4) is 0 Å². The zero-order chi connectivity index (χ0) is 10.4. The molecule has 2 atom stereocenters. The fraction of sp³-hybridized carbons (Fsp3) is 0.750. The summed E-state index contributed by atoms with van der Waals surface area (Å²) in [5.74, 6) is -0.986. The Balaban J connectivity index is 3.56. The summed E-state index contributed by atoms with van der Waals surface area (Å²) in [4.78, 5) is 10.3. The van der Waals surface area contributed by atoms with Crippen molar-refractivity contribution in [2.45, 2.75) is 38.3 Å². The number of hydrogen-bond acceptors (Lipinski definition) is 4. The van der Waals surface area contributed by atoms with E-state index in [1.807, 2.05) is 0 Å². The Morgan fingerprint density at radius 3 is 2.23 bits per heavy atom. The van der Waals surface area contributed by atoms with Crippen molar-refractivity contribution in [2.75, 3.05) is 0 Å². The summed E-state index contributed by atoms with van der Waals surface area (Å²) in [6.45, 7) is 1.64. The van der Waals surface area contributed by atoms with Crippen LogP contribution < -0.4 is 11.5 Å². The maximum atomic E-state index is 10.3. The predicted molar refractivity (Wildman–Crippen MR) is 50.8 cm³/mol. The van der Waals surface area contributed by atoms with Gasteiger partial charge in [-0.2, -0.15) is 0 Å². The molecule has 76 valence electrons. The molecule has 0 saturated heterocycles. The largest absolute Gasteiger partial charge is 0.480 e. The van der Waals surface area contributed by atoms with Crippen LogP contribution in [0.3, 0.4) is 0 Å². The topological polar surface area (TPSA) is 113 Å². The van der Waals surface area contributed by atoms with Crippen LogP contribution in [0.5, 0.6) is 0 Å². The molecule has 0 aliphatic rings. The quantitative estimate of drug-likeness (QED) is 0.436. The van der Waals surface area contributed by atoms with Crippen molar-refractivity contribution in [2.24, 2.45) is 11.5 Å². The fourth-order valence-corrected chi connectivity index (χ4v) is 0.898. The average molecular weight is 187 g/mol. The first kappa shape index (κ1) is 12.1. The summed E-state index contributed by atoms with van der Waals surface area (Å²) in [6.07, 6.45) is 1.68. The van der Waals surface area contributed by atoms with E-state index in [1.54, 1.807) is 6.92 Å². The van der Waals surface area contributed by atoms with Crippen molar-refractivity contribution < 1.29 is 9.90 Å². The Morgan fingerprint density at radius 2 is 1.85 bits per heavy atom. The summed E-state index contributed by atoms with van der Waals surface area (Å²) in [7, 11) is 0. The van der Waals surface area contributed by atoms with Gasteiger partial charge in [0.05, 0.1) is 0 Å². The molecule has 0 bridgehead atoms. The Labute approximate surface area is 77.6 Å². The molecule has 0 saturated carbocycles. The van der Waals surface area contributed by atoms with E-state index >= 15 is 0 Å². The van der Waals surface area contributed by atoms with E-state index in [2.05, 4.69) is 0 Å². The van der Waals surface area contributed by atoms with Crippen LogP contribution in [0.25, 0.3) is 0 Å². The monoisotopic (exact) mass is 187 g/mol. The number of hydrogen-bond donors (Lipinski definition) is 4. The molecule has 0 spiro atoms. The minimum Gasteiger partial charge on any atom is -0.480 e. The lowest BCUT2D eigenvalue weighted by atomic mass is 10.0. The third kappa shape index (κ3) is 5.32. The summed E-state index contributed by atoms with van der Waals surface area (Å²) in [5.41, 5.74) is 11.3. The van der Waals surface area contributed by atoms with Crippen LogP contribution in [0.1, 0.15) is 26.2 Å². The predicted octanol–water partition coefficient (Wildman–Crippen LogP) is -0.0644. The normalized spacial score (nSPS) is 15.0. The molecule has 0 aromatic heterocycles. The molecule has 0 aromatic rings. The molecule has 0 fully saturated rings. The van der Waals surface area contributed by atoms with E-state index in [9.17, 15) is 4.79 Å². The number of carboxylic acids is 1.